The van der Waals surface area contributed by atoms with Gasteiger partial charge in [-0.1, -0.05) is 19.0 Å². The van der Waals surface area contributed by atoms with E-state index in [1.165, 1.54) is 11.0 Å². The standard InChI is InChI=1S/C19H23N11O2/c1-13(2)18-23-19(32-25-18)28-7-5-15(6-8-28)30-22-9-14(24-30)11-31-16-3-4-17(20-10-16)29-12-21-26-27-29/h3-4,9-10,12-13,15H,5-8,11H2,1-2H3. The molecule has 5 rings (SSSR count). The molecule has 13 nitrogen and oxygen atoms in total. The number of piperidine rings is 1. The summed E-state index contributed by atoms with van der Waals surface area (Å²) in [4.78, 5) is 12.7. The van der Waals surface area contributed by atoms with Crippen molar-refractivity contribution in [2.24, 2.45) is 0 Å². The molecule has 32 heavy (non-hydrogen) atoms. The smallest absolute Gasteiger partial charge is 0.324 e. The van der Waals surface area contributed by atoms with E-state index in [-0.39, 0.29) is 12.0 Å². The van der Waals surface area contributed by atoms with Gasteiger partial charge in [-0.15, -0.1) is 5.10 Å². The number of nitrogens with zero attached hydrogens (tertiary/aromatic N) is 11. The minimum Gasteiger partial charge on any atom is -0.486 e. The minimum atomic E-state index is 0.227. The summed E-state index contributed by atoms with van der Waals surface area (Å²) in [5, 5.41) is 24.1. The highest BCUT2D eigenvalue weighted by Gasteiger charge is 2.25. The zero-order valence-electron chi connectivity index (χ0n) is 17.8. The molecule has 4 aromatic rings. The van der Waals surface area contributed by atoms with Gasteiger partial charge in [0.15, 0.2) is 11.6 Å². The normalized spacial score (nSPS) is 14.9. The Kier molecular flexibility index (Phi) is 5.44. The van der Waals surface area contributed by atoms with Crippen LogP contribution in [0.25, 0.3) is 5.82 Å². The summed E-state index contributed by atoms with van der Waals surface area (Å²) in [6.45, 7) is 6.04. The fraction of sp³-hybridized carbons (Fsp3) is 0.474. The van der Waals surface area contributed by atoms with Crippen LogP contribution in [-0.4, -0.2) is 63.4 Å². The summed E-state index contributed by atoms with van der Waals surface area (Å²) in [5.41, 5.74) is 0.760. The molecule has 0 spiro atoms. The van der Waals surface area contributed by atoms with Gasteiger partial charge >= 0.3 is 6.01 Å². The number of tetrazole rings is 1. The maximum atomic E-state index is 5.79. The fourth-order valence-electron chi connectivity index (χ4n) is 3.45. The zero-order valence-corrected chi connectivity index (χ0v) is 17.8. The largest absolute Gasteiger partial charge is 0.486 e. The van der Waals surface area contributed by atoms with Crippen LogP contribution < -0.4 is 9.64 Å². The van der Waals surface area contributed by atoms with Crippen molar-refractivity contribution in [3.63, 3.8) is 0 Å². The number of hydrogen-bond acceptors (Lipinski definition) is 11. The van der Waals surface area contributed by atoms with Crippen LogP contribution in [0.1, 0.15) is 50.2 Å². The highest BCUT2D eigenvalue weighted by molar-refractivity contribution is 5.27. The Bertz CT molecular complexity index is 1130. The van der Waals surface area contributed by atoms with Crippen molar-refractivity contribution in [2.45, 2.75) is 45.3 Å². The number of ether oxygens (including phenoxy) is 1. The van der Waals surface area contributed by atoms with Crippen LogP contribution in [0.5, 0.6) is 5.75 Å². The summed E-state index contributed by atoms with van der Waals surface area (Å²) in [5.74, 6) is 2.23. The second-order valence-corrected chi connectivity index (χ2v) is 7.86. The van der Waals surface area contributed by atoms with Gasteiger partial charge in [-0.3, -0.25) is 0 Å². The molecule has 0 unspecified atom stereocenters. The maximum absolute atomic E-state index is 5.79. The summed E-state index contributed by atoms with van der Waals surface area (Å²) in [7, 11) is 0. The Hall–Kier alpha value is -3.90. The van der Waals surface area contributed by atoms with Crippen molar-refractivity contribution < 1.29 is 9.26 Å². The maximum Gasteiger partial charge on any atom is 0.324 e. The Balaban J connectivity index is 1.13. The molecule has 5 heterocycles. The molecule has 0 saturated carbocycles. The first-order valence-corrected chi connectivity index (χ1v) is 10.5. The number of rotatable bonds is 7. The highest BCUT2D eigenvalue weighted by atomic mass is 16.5. The molecule has 0 radical (unpaired) electrons. The van der Waals surface area contributed by atoms with Crippen LogP contribution in [0.2, 0.25) is 0 Å². The molecule has 1 fully saturated rings. The molecule has 0 atom stereocenters. The van der Waals surface area contributed by atoms with Gasteiger partial charge in [-0.25, -0.2) is 4.98 Å². The lowest BCUT2D eigenvalue weighted by molar-refractivity contribution is 0.289. The van der Waals surface area contributed by atoms with E-state index in [1.54, 1.807) is 23.3 Å². The molecule has 0 aromatic carbocycles. The van der Waals surface area contributed by atoms with Gasteiger partial charge in [0.25, 0.3) is 0 Å². The third-order valence-electron chi connectivity index (χ3n) is 5.26. The first-order chi connectivity index (χ1) is 15.7. The topological polar surface area (TPSA) is 139 Å². The molecule has 1 saturated heterocycles. The van der Waals surface area contributed by atoms with Crippen LogP contribution in [0.3, 0.4) is 0 Å². The predicted molar refractivity (Wildman–Crippen MR) is 110 cm³/mol. The van der Waals surface area contributed by atoms with Gasteiger partial charge in [-0.2, -0.15) is 24.7 Å². The van der Waals surface area contributed by atoms with E-state index in [4.69, 9.17) is 9.26 Å². The van der Waals surface area contributed by atoms with Crippen LogP contribution in [0.4, 0.5) is 6.01 Å². The third-order valence-corrected chi connectivity index (χ3v) is 5.26. The molecule has 0 bridgehead atoms. The molecular formula is C19H23N11O2. The van der Waals surface area contributed by atoms with Crippen LogP contribution in [0, 0.1) is 0 Å². The van der Waals surface area contributed by atoms with Crippen LogP contribution >= 0.6 is 0 Å². The van der Waals surface area contributed by atoms with Gasteiger partial charge in [0.05, 0.1) is 18.4 Å². The molecule has 0 aliphatic carbocycles. The molecule has 166 valence electrons. The summed E-state index contributed by atoms with van der Waals surface area (Å²) >= 11 is 0. The first kappa shape index (κ1) is 20.0. The van der Waals surface area contributed by atoms with Crippen molar-refractivity contribution in [3.05, 3.63) is 42.4 Å². The Morgan fingerprint density at radius 1 is 1.19 bits per heavy atom. The van der Waals surface area contributed by atoms with Crippen molar-refractivity contribution in [1.82, 2.24) is 50.3 Å². The molecule has 1 aliphatic heterocycles. The SMILES string of the molecule is CC(C)c1noc(N2CCC(n3ncc(COc4ccc(-n5cnnn5)nc4)n3)CC2)n1. The summed E-state index contributed by atoms with van der Waals surface area (Å²) < 4.78 is 12.7. The monoisotopic (exact) mass is 437 g/mol. The van der Waals surface area contributed by atoms with E-state index in [2.05, 4.69) is 45.7 Å². The Morgan fingerprint density at radius 2 is 2.06 bits per heavy atom. The molecule has 13 heteroatoms. The Morgan fingerprint density at radius 3 is 2.75 bits per heavy atom. The van der Waals surface area contributed by atoms with Crippen molar-refractivity contribution >= 4 is 6.01 Å². The predicted octanol–water partition coefficient (Wildman–Crippen LogP) is 1.58. The van der Waals surface area contributed by atoms with Gasteiger partial charge in [0.2, 0.25) is 0 Å². The lowest BCUT2D eigenvalue weighted by Crippen LogP contribution is -2.35. The van der Waals surface area contributed by atoms with Gasteiger partial charge in [-0.05, 0) is 35.4 Å². The summed E-state index contributed by atoms with van der Waals surface area (Å²) in [6.07, 6.45) is 6.64. The minimum absolute atomic E-state index is 0.227. The number of anilines is 1. The van der Waals surface area contributed by atoms with E-state index >= 15 is 0 Å². The molecular weight excluding hydrogens is 414 g/mol. The average Bonchev–Trinajstić information content (AvgIpc) is 3.60. The fourth-order valence-corrected chi connectivity index (χ4v) is 3.45. The van der Waals surface area contributed by atoms with E-state index in [0.717, 1.165) is 37.4 Å². The lowest BCUT2D eigenvalue weighted by Gasteiger charge is -2.29. The zero-order chi connectivity index (χ0) is 21.9. The molecule has 1 aliphatic rings. The first-order valence-electron chi connectivity index (χ1n) is 10.5. The lowest BCUT2D eigenvalue weighted by atomic mass is 10.1. The van der Waals surface area contributed by atoms with E-state index in [9.17, 15) is 0 Å². The quantitative estimate of drug-likeness (QED) is 0.416. The number of hydrogen-bond donors (Lipinski definition) is 0. The second kappa shape index (κ2) is 8.69. The van der Waals surface area contributed by atoms with Crippen LogP contribution in [0.15, 0.2) is 35.4 Å². The van der Waals surface area contributed by atoms with Gasteiger partial charge in [0.1, 0.15) is 24.4 Å². The number of aromatic nitrogens is 10. The van der Waals surface area contributed by atoms with Crippen LogP contribution in [-0.2, 0) is 6.61 Å². The van der Waals surface area contributed by atoms with Gasteiger partial charge in [0, 0.05) is 19.0 Å². The second-order valence-electron chi connectivity index (χ2n) is 7.86. The summed E-state index contributed by atoms with van der Waals surface area (Å²) in [6, 6.07) is 4.41. The van der Waals surface area contributed by atoms with Crippen molar-refractivity contribution in [2.75, 3.05) is 18.0 Å². The average molecular weight is 437 g/mol. The molecule has 4 aromatic heterocycles. The van der Waals surface area contributed by atoms with Crippen molar-refractivity contribution in [3.8, 4) is 11.6 Å². The molecule has 0 N–H and O–H groups in total. The van der Waals surface area contributed by atoms with Gasteiger partial charge < -0.3 is 14.2 Å². The van der Waals surface area contributed by atoms with E-state index in [1.807, 2.05) is 19.9 Å². The Labute approximate surface area is 183 Å². The number of pyridine rings is 1. The van der Waals surface area contributed by atoms with E-state index in [0.29, 0.717) is 24.2 Å². The van der Waals surface area contributed by atoms with E-state index < -0.39 is 0 Å². The highest BCUT2D eigenvalue weighted by Crippen LogP contribution is 2.25. The van der Waals surface area contributed by atoms with Crippen molar-refractivity contribution in [1.29, 1.82) is 0 Å². The molecule has 0 amide bonds. The third kappa shape index (κ3) is 4.26.